The van der Waals surface area contributed by atoms with E-state index in [1.807, 2.05) is 6.92 Å². The lowest BCUT2D eigenvalue weighted by Crippen LogP contribution is -2.45. The molecule has 0 saturated carbocycles. The van der Waals surface area contributed by atoms with E-state index in [2.05, 4.69) is 0 Å². The minimum absolute atomic E-state index is 0.0315. The van der Waals surface area contributed by atoms with Crippen LogP contribution in [-0.4, -0.2) is 85.3 Å². The van der Waals surface area contributed by atoms with Crippen molar-refractivity contribution in [2.45, 2.75) is 32.6 Å². The third kappa shape index (κ3) is 4.27. The van der Waals surface area contributed by atoms with E-state index in [4.69, 9.17) is 9.47 Å². The molecule has 8 heteroatoms. The predicted molar refractivity (Wildman–Crippen MR) is 96.0 cm³/mol. The van der Waals surface area contributed by atoms with Crippen molar-refractivity contribution in [3.8, 4) is 0 Å². The summed E-state index contributed by atoms with van der Waals surface area (Å²) in [5.74, 6) is -1.45. The van der Waals surface area contributed by atoms with Crippen LogP contribution in [0.1, 0.15) is 32.6 Å². The number of hydrogen-bond acceptors (Lipinski definition) is 5. The standard InChI is InChI=1S/C19H30N2O6/c1-2-26-12-16(22)20-7-3-14(4-8-20)17(23)21-11-15(18(24)25)19(13-21)5-9-27-10-6-19/h14-15H,2-13H2,1H3,(H,24,25). The van der Waals surface area contributed by atoms with E-state index in [9.17, 15) is 19.5 Å². The van der Waals surface area contributed by atoms with Crippen molar-refractivity contribution < 1.29 is 29.0 Å². The molecular formula is C19H30N2O6. The molecular weight excluding hydrogens is 352 g/mol. The molecule has 0 aliphatic carbocycles. The molecule has 0 aromatic carbocycles. The zero-order valence-corrected chi connectivity index (χ0v) is 16.0. The summed E-state index contributed by atoms with van der Waals surface area (Å²) >= 11 is 0. The van der Waals surface area contributed by atoms with Gasteiger partial charge in [-0.25, -0.2) is 0 Å². The summed E-state index contributed by atoms with van der Waals surface area (Å²) in [4.78, 5) is 40.4. The second-order valence-electron chi connectivity index (χ2n) is 7.88. The van der Waals surface area contributed by atoms with Crippen LogP contribution in [0.25, 0.3) is 0 Å². The van der Waals surface area contributed by atoms with E-state index < -0.39 is 11.9 Å². The molecule has 0 aromatic heterocycles. The number of carbonyl (C=O) groups excluding carboxylic acids is 2. The van der Waals surface area contributed by atoms with E-state index in [-0.39, 0.29) is 36.3 Å². The molecule has 1 N–H and O–H groups in total. The third-order valence-electron chi connectivity index (χ3n) is 6.37. The van der Waals surface area contributed by atoms with E-state index in [0.29, 0.717) is 65.1 Å². The van der Waals surface area contributed by atoms with Gasteiger partial charge in [-0.15, -0.1) is 0 Å². The number of ether oxygens (including phenoxy) is 2. The highest BCUT2D eigenvalue weighted by atomic mass is 16.5. The largest absolute Gasteiger partial charge is 0.481 e. The van der Waals surface area contributed by atoms with E-state index >= 15 is 0 Å². The number of aliphatic carboxylic acids is 1. The summed E-state index contributed by atoms with van der Waals surface area (Å²) < 4.78 is 10.6. The molecule has 1 unspecified atom stereocenters. The number of nitrogens with zero attached hydrogens (tertiary/aromatic N) is 2. The first-order valence-corrected chi connectivity index (χ1v) is 9.91. The molecule has 152 valence electrons. The van der Waals surface area contributed by atoms with Gasteiger partial charge in [-0.05, 0) is 32.6 Å². The van der Waals surface area contributed by atoms with Crippen LogP contribution in [0.4, 0.5) is 0 Å². The Morgan fingerprint density at radius 2 is 1.81 bits per heavy atom. The first-order valence-electron chi connectivity index (χ1n) is 9.91. The van der Waals surface area contributed by atoms with Gasteiger partial charge < -0.3 is 24.4 Å². The lowest BCUT2D eigenvalue weighted by atomic mass is 9.72. The van der Waals surface area contributed by atoms with Gasteiger partial charge in [0, 0.05) is 57.3 Å². The zero-order chi connectivity index (χ0) is 19.4. The maximum absolute atomic E-state index is 13.0. The summed E-state index contributed by atoms with van der Waals surface area (Å²) in [6, 6.07) is 0. The van der Waals surface area contributed by atoms with Gasteiger partial charge in [0.25, 0.3) is 0 Å². The topological polar surface area (TPSA) is 96.4 Å². The maximum atomic E-state index is 13.0. The van der Waals surface area contributed by atoms with Crippen molar-refractivity contribution in [1.29, 1.82) is 0 Å². The molecule has 3 aliphatic rings. The monoisotopic (exact) mass is 382 g/mol. The summed E-state index contributed by atoms with van der Waals surface area (Å²) in [5, 5.41) is 9.67. The number of carboxylic acid groups (broad SMARTS) is 1. The van der Waals surface area contributed by atoms with Crippen molar-refractivity contribution >= 4 is 17.8 Å². The van der Waals surface area contributed by atoms with Crippen LogP contribution in [0.2, 0.25) is 0 Å². The molecule has 1 atom stereocenters. The molecule has 3 heterocycles. The summed E-state index contributed by atoms with van der Waals surface area (Å²) in [5.41, 5.74) is -0.353. The summed E-state index contributed by atoms with van der Waals surface area (Å²) in [7, 11) is 0. The molecule has 2 amide bonds. The Morgan fingerprint density at radius 1 is 1.15 bits per heavy atom. The fraction of sp³-hybridized carbons (Fsp3) is 0.842. The van der Waals surface area contributed by atoms with Crippen molar-refractivity contribution in [3.05, 3.63) is 0 Å². The fourth-order valence-corrected chi connectivity index (χ4v) is 4.68. The van der Waals surface area contributed by atoms with Gasteiger partial charge >= 0.3 is 5.97 Å². The van der Waals surface area contributed by atoms with Crippen molar-refractivity contribution in [1.82, 2.24) is 9.80 Å². The van der Waals surface area contributed by atoms with Gasteiger partial charge in [0.15, 0.2) is 0 Å². The number of piperidine rings is 1. The zero-order valence-electron chi connectivity index (χ0n) is 16.0. The number of hydrogen-bond donors (Lipinski definition) is 1. The SMILES string of the molecule is CCOCC(=O)N1CCC(C(=O)N2CC(C(=O)O)C3(CCOCC3)C2)CC1. The van der Waals surface area contributed by atoms with E-state index in [1.54, 1.807) is 9.80 Å². The molecule has 27 heavy (non-hydrogen) atoms. The number of carboxylic acids is 1. The Labute approximate surface area is 159 Å². The minimum atomic E-state index is -0.816. The molecule has 0 bridgehead atoms. The number of carbonyl (C=O) groups is 3. The normalized spacial score (nSPS) is 25.7. The Morgan fingerprint density at radius 3 is 2.41 bits per heavy atom. The quantitative estimate of drug-likeness (QED) is 0.748. The van der Waals surface area contributed by atoms with Crippen molar-refractivity contribution in [2.75, 3.05) is 52.6 Å². The number of likely N-dealkylation sites (tertiary alicyclic amines) is 2. The van der Waals surface area contributed by atoms with E-state index in [0.717, 1.165) is 0 Å². The molecule has 8 nitrogen and oxygen atoms in total. The average Bonchev–Trinajstić information content (AvgIpc) is 3.05. The molecule has 3 fully saturated rings. The predicted octanol–water partition coefficient (Wildman–Crippen LogP) is 0.601. The summed E-state index contributed by atoms with van der Waals surface area (Å²) in [6.45, 7) is 5.48. The lowest BCUT2D eigenvalue weighted by molar-refractivity contribution is -0.147. The molecule has 0 radical (unpaired) electrons. The van der Waals surface area contributed by atoms with Crippen molar-refractivity contribution in [3.63, 3.8) is 0 Å². The van der Waals surface area contributed by atoms with Crippen LogP contribution in [0.3, 0.4) is 0 Å². The molecule has 1 spiro atoms. The van der Waals surface area contributed by atoms with Gasteiger partial charge in [0.1, 0.15) is 6.61 Å². The molecule has 0 aromatic rings. The highest BCUT2D eigenvalue weighted by molar-refractivity contribution is 5.82. The second kappa shape index (κ2) is 8.56. The Balaban J connectivity index is 1.57. The van der Waals surface area contributed by atoms with E-state index in [1.165, 1.54) is 0 Å². The van der Waals surface area contributed by atoms with Gasteiger partial charge in [0.2, 0.25) is 11.8 Å². The van der Waals surface area contributed by atoms with Crippen LogP contribution in [-0.2, 0) is 23.9 Å². The molecule has 3 aliphatic heterocycles. The maximum Gasteiger partial charge on any atom is 0.308 e. The first kappa shape index (κ1) is 20.1. The highest BCUT2D eigenvalue weighted by Crippen LogP contribution is 2.45. The van der Waals surface area contributed by atoms with Crippen LogP contribution < -0.4 is 0 Å². The van der Waals surface area contributed by atoms with Crippen molar-refractivity contribution in [2.24, 2.45) is 17.3 Å². The lowest BCUT2D eigenvalue weighted by Gasteiger charge is -2.36. The smallest absolute Gasteiger partial charge is 0.308 e. The van der Waals surface area contributed by atoms with Crippen LogP contribution in [0.15, 0.2) is 0 Å². The highest BCUT2D eigenvalue weighted by Gasteiger charge is 2.52. The van der Waals surface area contributed by atoms with Gasteiger partial charge in [-0.3, -0.25) is 14.4 Å². The molecule has 3 rings (SSSR count). The van der Waals surface area contributed by atoms with Crippen LogP contribution in [0, 0.1) is 17.3 Å². The third-order valence-corrected chi connectivity index (χ3v) is 6.37. The van der Waals surface area contributed by atoms with Gasteiger partial charge in [0.05, 0.1) is 5.92 Å². The van der Waals surface area contributed by atoms with Crippen LogP contribution in [0.5, 0.6) is 0 Å². The average molecular weight is 382 g/mol. The fourth-order valence-electron chi connectivity index (χ4n) is 4.68. The summed E-state index contributed by atoms with van der Waals surface area (Å²) in [6.07, 6.45) is 2.64. The van der Waals surface area contributed by atoms with Crippen LogP contribution >= 0.6 is 0 Å². The number of amides is 2. The second-order valence-corrected chi connectivity index (χ2v) is 7.88. The Bertz CT molecular complexity index is 567. The minimum Gasteiger partial charge on any atom is -0.481 e. The Hall–Kier alpha value is -1.67. The molecule has 3 saturated heterocycles. The van der Waals surface area contributed by atoms with Gasteiger partial charge in [-0.1, -0.05) is 0 Å². The first-order chi connectivity index (χ1) is 13.0. The Kier molecular flexibility index (Phi) is 6.37. The number of rotatable bonds is 5. The van der Waals surface area contributed by atoms with Gasteiger partial charge in [-0.2, -0.15) is 0 Å².